The minimum Gasteiger partial charge on any atom is -0.426 e. The number of carbonyl (C=O) groups is 1. The third-order valence-electron chi connectivity index (χ3n) is 5.76. The van der Waals surface area contributed by atoms with Gasteiger partial charge in [-0.2, -0.15) is 0 Å². The molecule has 1 rings (SSSR count). The number of ether oxygens (including phenoxy) is 1. The minimum atomic E-state index is -0.157. The zero-order chi connectivity index (χ0) is 25.0. The fraction of sp³-hybridized carbons (Fsp3) is 0.531. The molecule has 0 aliphatic heterocycles. The fourth-order valence-electron chi connectivity index (χ4n) is 3.70. The topological polar surface area (TPSA) is 26.3 Å². The zero-order valence-electron chi connectivity index (χ0n) is 22.4. The van der Waals surface area contributed by atoms with Gasteiger partial charge >= 0.3 is 5.97 Å². The van der Waals surface area contributed by atoms with Crippen LogP contribution in [0.4, 0.5) is 0 Å². The van der Waals surface area contributed by atoms with Crippen LogP contribution < -0.4 is 4.74 Å². The molecular weight excluding hydrogens is 416 g/mol. The second-order valence-electron chi connectivity index (χ2n) is 9.53. The summed E-state index contributed by atoms with van der Waals surface area (Å²) in [5, 5.41) is 0. The van der Waals surface area contributed by atoms with Crippen molar-refractivity contribution in [1.29, 1.82) is 0 Å². The second-order valence-corrected chi connectivity index (χ2v) is 9.53. The lowest BCUT2D eigenvalue weighted by atomic mass is 9.94. The van der Waals surface area contributed by atoms with Gasteiger partial charge in [-0.15, -0.1) is 0 Å². The number of carbonyl (C=O) groups excluding carboxylic acids is 1. The van der Waals surface area contributed by atoms with E-state index in [1.165, 1.54) is 32.1 Å². The molecule has 0 aliphatic carbocycles. The third kappa shape index (κ3) is 13.4. The lowest BCUT2D eigenvalue weighted by Gasteiger charge is -2.18. The van der Waals surface area contributed by atoms with Crippen LogP contribution in [0.5, 0.6) is 5.75 Å². The SMILES string of the molecule is CCCCCC/C=C\C/C=C\C/C=C\C/C=C\CCC(=O)Oc1c(C(C)C)cccc1C(C)C. The molecule has 0 N–H and O–H groups in total. The van der Waals surface area contributed by atoms with Gasteiger partial charge in [0.05, 0.1) is 0 Å². The maximum absolute atomic E-state index is 12.4. The standard InChI is InChI=1S/C32H48O2/c1-6-7-8-9-10-11-12-13-14-15-16-17-18-19-20-21-22-26-31(33)34-32-29(27(2)3)24-23-25-30(32)28(4)5/h11-12,14-15,17-18,20-21,23-25,27-28H,6-10,13,16,19,22,26H2,1-5H3/b12-11-,15-14-,18-17-,21-20-. The van der Waals surface area contributed by atoms with Crippen LogP contribution in [0.15, 0.2) is 66.8 Å². The van der Waals surface area contributed by atoms with Crippen molar-refractivity contribution in [3.8, 4) is 5.75 Å². The lowest BCUT2D eigenvalue weighted by Crippen LogP contribution is -2.11. The first-order chi connectivity index (χ1) is 16.5. The van der Waals surface area contributed by atoms with Crippen LogP contribution >= 0.6 is 0 Å². The number of hydrogen-bond donors (Lipinski definition) is 0. The van der Waals surface area contributed by atoms with E-state index in [0.717, 1.165) is 36.1 Å². The van der Waals surface area contributed by atoms with Crippen molar-refractivity contribution in [3.05, 3.63) is 77.9 Å². The molecule has 1 aromatic carbocycles. The first-order valence-corrected chi connectivity index (χ1v) is 13.4. The van der Waals surface area contributed by atoms with Crippen LogP contribution in [-0.4, -0.2) is 5.97 Å². The molecule has 34 heavy (non-hydrogen) atoms. The molecule has 0 saturated heterocycles. The average Bonchev–Trinajstić information content (AvgIpc) is 2.80. The van der Waals surface area contributed by atoms with E-state index in [9.17, 15) is 4.79 Å². The van der Waals surface area contributed by atoms with Gasteiger partial charge in [0.2, 0.25) is 0 Å². The summed E-state index contributed by atoms with van der Waals surface area (Å²) < 4.78 is 5.83. The summed E-state index contributed by atoms with van der Waals surface area (Å²) in [4.78, 5) is 12.4. The molecule has 1 aromatic rings. The van der Waals surface area contributed by atoms with E-state index in [1.807, 2.05) is 0 Å². The molecule has 0 fully saturated rings. The Hall–Kier alpha value is -2.35. The fourth-order valence-corrected chi connectivity index (χ4v) is 3.70. The van der Waals surface area contributed by atoms with E-state index in [0.29, 0.717) is 24.7 Å². The molecule has 0 amide bonds. The van der Waals surface area contributed by atoms with Crippen molar-refractivity contribution in [2.24, 2.45) is 0 Å². The number of hydrogen-bond acceptors (Lipinski definition) is 2. The van der Waals surface area contributed by atoms with Crippen LogP contribution in [-0.2, 0) is 4.79 Å². The van der Waals surface area contributed by atoms with Crippen LogP contribution in [0.25, 0.3) is 0 Å². The Balaban J connectivity index is 2.25. The Labute approximate surface area is 209 Å². The molecule has 0 spiro atoms. The molecule has 0 unspecified atom stereocenters. The maximum Gasteiger partial charge on any atom is 0.311 e. The summed E-state index contributed by atoms with van der Waals surface area (Å²) in [6.45, 7) is 10.8. The summed E-state index contributed by atoms with van der Waals surface area (Å²) in [7, 11) is 0. The molecule has 0 radical (unpaired) electrons. The van der Waals surface area contributed by atoms with Crippen LogP contribution in [0, 0.1) is 0 Å². The van der Waals surface area contributed by atoms with Gasteiger partial charge in [0.25, 0.3) is 0 Å². The summed E-state index contributed by atoms with van der Waals surface area (Å²) in [5.41, 5.74) is 2.21. The predicted molar refractivity (Wildman–Crippen MR) is 149 cm³/mol. The van der Waals surface area contributed by atoms with Gasteiger partial charge < -0.3 is 4.74 Å². The van der Waals surface area contributed by atoms with E-state index < -0.39 is 0 Å². The van der Waals surface area contributed by atoms with Gasteiger partial charge in [0.1, 0.15) is 5.75 Å². The summed E-state index contributed by atoms with van der Waals surface area (Å²) in [6, 6.07) is 6.18. The molecule has 188 valence electrons. The smallest absolute Gasteiger partial charge is 0.311 e. The number of esters is 1. The summed E-state index contributed by atoms with van der Waals surface area (Å²) >= 11 is 0. The van der Waals surface area contributed by atoms with E-state index in [-0.39, 0.29) is 5.97 Å². The van der Waals surface area contributed by atoms with Crippen molar-refractivity contribution < 1.29 is 9.53 Å². The zero-order valence-corrected chi connectivity index (χ0v) is 22.4. The van der Waals surface area contributed by atoms with Gasteiger partial charge in [-0.05, 0) is 61.5 Å². The number of allylic oxidation sites excluding steroid dienone is 8. The molecule has 2 nitrogen and oxygen atoms in total. The van der Waals surface area contributed by atoms with E-state index >= 15 is 0 Å². The molecular formula is C32H48O2. The lowest BCUT2D eigenvalue weighted by molar-refractivity contribution is -0.134. The largest absolute Gasteiger partial charge is 0.426 e. The summed E-state index contributed by atoms with van der Waals surface area (Å²) in [6.07, 6.45) is 28.1. The Kier molecular flexibility index (Phi) is 16.6. The van der Waals surface area contributed by atoms with Crippen molar-refractivity contribution in [3.63, 3.8) is 0 Å². The molecule has 0 aliphatic rings. The number of para-hydroxylation sites is 1. The molecule has 0 aromatic heterocycles. The Morgan fingerprint density at radius 2 is 1.24 bits per heavy atom. The normalized spacial score (nSPS) is 12.4. The van der Waals surface area contributed by atoms with Gasteiger partial charge in [-0.25, -0.2) is 0 Å². The highest BCUT2D eigenvalue weighted by atomic mass is 16.5. The van der Waals surface area contributed by atoms with Crippen molar-refractivity contribution >= 4 is 5.97 Å². The second kappa shape index (κ2) is 19.0. The minimum absolute atomic E-state index is 0.157. The van der Waals surface area contributed by atoms with E-state index in [2.05, 4.69) is 101 Å². The third-order valence-corrected chi connectivity index (χ3v) is 5.76. The molecule has 0 saturated carbocycles. The first kappa shape index (κ1) is 29.7. The quantitative estimate of drug-likeness (QED) is 0.0992. The van der Waals surface area contributed by atoms with Gasteiger partial charge in [0.15, 0.2) is 0 Å². The molecule has 0 heterocycles. The van der Waals surface area contributed by atoms with E-state index in [1.54, 1.807) is 0 Å². The van der Waals surface area contributed by atoms with Crippen molar-refractivity contribution in [2.75, 3.05) is 0 Å². The average molecular weight is 465 g/mol. The molecule has 0 atom stereocenters. The van der Waals surface area contributed by atoms with Gasteiger partial charge in [-0.3, -0.25) is 4.79 Å². The molecule has 0 bridgehead atoms. The monoisotopic (exact) mass is 464 g/mol. The van der Waals surface area contributed by atoms with Gasteiger partial charge in [0, 0.05) is 6.42 Å². The van der Waals surface area contributed by atoms with Crippen LogP contribution in [0.3, 0.4) is 0 Å². The van der Waals surface area contributed by atoms with Crippen molar-refractivity contribution in [2.45, 2.75) is 111 Å². The van der Waals surface area contributed by atoms with E-state index in [4.69, 9.17) is 4.74 Å². The van der Waals surface area contributed by atoms with Crippen molar-refractivity contribution in [1.82, 2.24) is 0 Å². The Morgan fingerprint density at radius 1 is 0.735 bits per heavy atom. The highest BCUT2D eigenvalue weighted by Gasteiger charge is 2.17. The van der Waals surface area contributed by atoms with Crippen LogP contribution in [0.1, 0.15) is 122 Å². The number of rotatable bonds is 17. The predicted octanol–water partition coefficient (Wildman–Crippen LogP) is 9.98. The van der Waals surface area contributed by atoms with Gasteiger partial charge in [-0.1, -0.05) is 121 Å². The van der Waals surface area contributed by atoms with Crippen LogP contribution in [0.2, 0.25) is 0 Å². The molecule has 2 heteroatoms. The highest BCUT2D eigenvalue weighted by molar-refractivity contribution is 5.73. The Bertz CT molecular complexity index is 767. The summed E-state index contributed by atoms with van der Waals surface area (Å²) in [5.74, 6) is 1.25. The first-order valence-electron chi connectivity index (χ1n) is 13.4. The number of benzene rings is 1. The Morgan fingerprint density at radius 3 is 1.74 bits per heavy atom. The number of unbranched alkanes of at least 4 members (excludes halogenated alkanes) is 4. The maximum atomic E-state index is 12.4. The highest BCUT2D eigenvalue weighted by Crippen LogP contribution is 2.34.